The lowest BCUT2D eigenvalue weighted by atomic mass is 10.1. The maximum absolute atomic E-state index is 5.42. The molecule has 1 heterocycles. The van der Waals surface area contributed by atoms with E-state index in [0.29, 0.717) is 6.04 Å². The van der Waals surface area contributed by atoms with Gasteiger partial charge in [0.1, 0.15) is 5.75 Å². The number of hydrogen-bond donors (Lipinski definition) is 1. The lowest BCUT2D eigenvalue weighted by Crippen LogP contribution is -2.12. The predicted molar refractivity (Wildman–Crippen MR) is 78.8 cm³/mol. The normalized spacial score (nSPS) is 12.4. The summed E-state index contributed by atoms with van der Waals surface area (Å²) in [4.78, 5) is 0. The largest absolute Gasteiger partial charge is 0.496 e. The summed E-state index contributed by atoms with van der Waals surface area (Å²) in [6, 6.07) is 6.56. The summed E-state index contributed by atoms with van der Waals surface area (Å²) < 4.78 is 7.09. The molecule has 2 rings (SSSR count). The Morgan fingerprint density at radius 1 is 1.45 bits per heavy atom. The van der Waals surface area contributed by atoms with Crippen molar-refractivity contribution >= 4 is 11.8 Å². The van der Waals surface area contributed by atoms with Crippen LogP contribution in [0.5, 0.6) is 5.75 Å². The second-order valence-corrected chi connectivity index (χ2v) is 5.40. The van der Waals surface area contributed by atoms with Crippen LogP contribution in [0.2, 0.25) is 0 Å². The number of nitrogens with one attached hydrogen (secondary N) is 1. The molecule has 2 aromatic rings. The summed E-state index contributed by atoms with van der Waals surface area (Å²) in [7, 11) is 5.47. The van der Waals surface area contributed by atoms with E-state index in [1.54, 1.807) is 23.6 Å². The van der Waals surface area contributed by atoms with Crippen LogP contribution >= 0.6 is 11.8 Å². The number of thioether (sulfide) groups is 1. The van der Waals surface area contributed by atoms with Crippen molar-refractivity contribution in [3.63, 3.8) is 0 Å². The number of hydrogen-bond acceptors (Lipinski definition) is 6. The molecule has 1 aromatic heterocycles. The highest BCUT2D eigenvalue weighted by Gasteiger charge is 2.10. The summed E-state index contributed by atoms with van der Waals surface area (Å²) in [5.74, 6) is 1.65. The SMILES string of the molecule is CNC(C)c1ccc(OC)c(CSc2nnnn2C)c1. The van der Waals surface area contributed by atoms with Crippen LogP contribution in [0.15, 0.2) is 23.4 Å². The number of rotatable bonds is 6. The number of nitrogens with zero attached hydrogens (tertiary/aromatic N) is 4. The zero-order valence-corrected chi connectivity index (χ0v) is 12.9. The lowest BCUT2D eigenvalue weighted by Gasteiger charge is -2.14. The highest BCUT2D eigenvalue weighted by Crippen LogP contribution is 2.29. The Labute approximate surface area is 122 Å². The predicted octanol–water partition coefficient (Wildman–Crippen LogP) is 1.79. The van der Waals surface area contributed by atoms with Crippen molar-refractivity contribution in [3.05, 3.63) is 29.3 Å². The molecular formula is C13H19N5OS. The molecule has 0 bridgehead atoms. The van der Waals surface area contributed by atoms with Crippen LogP contribution in [0.3, 0.4) is 0 Å². The first kappa shape index (κ1) is 14.8. The van der Waals surface area contributed by atoms with E-state index in [-0.39, 0.29) is 0 Å². The standard InChI is InChI=1S/C13H19N5OS/c1-9(14-2)10-5-6-12(19-4)11(7-10)8-20-13-15-16-17-18(13)3/h5-7,9,14H,8H2,1-4H3. The molecule has 0 amide bonds. The van der Waals surface area contributed by atoms with Crippen molar-refractivity contribution in [2.75, 3.05) is 14.2 Å². The minimum atomic E-state index is 0.307. The lowest BCUT2D eigenvalue weighted by molar-refractivity contribution is 0.411. The second-order valence-electron chi connectivity index (χ2n) is 4.46. The van der Waals surface area contributed by atoms with E-state index in [1.807, 2.05) is 20.2 Å². The quantitative estimate of drug-likeness (QED) is 0.819. The van der Waals surface area contributed by atoms with E-state index in [4.69, 9.17) is 4.74 Å². The molecular weight excluding hydrogens is 274 g/mol. The van der Waals surface area contributed by atoms with Crippen LogP contribution < -0.4 is 10.1 Å². The Balaban J connectivity index is 2.18. The zero-order chi connectivity index (χ0) is 14.5. The molecule has 0 aliphatic heterocycles. The van der Waals surface area contributed by atoms with Crippen molar-refractivity contribution in [3.8, 4) is 5.75 Å². The molecule has 1 aromatic carbocycles. The number of methoxy groups -OCH3 is 1. The summed E-state index contributed by atoms with van der Waals surface area (Å²) in [5.41, 5.74) is 2.38. The molecule has 20 heavy (non-hydrogen) atoms. The second kappa shape index (κ2) is 6.71. The Morgan fingerprint density at radius 2 is 2.25 bits per heavy atom. The average molecular weight is 293 g/mol. The van der Waals surface area contributed by atoms with E-state index in [1.165, 1.54) is 5.56 Å². The first-order valence-corrected chi connectivity index (χ1v) is 7.33. The fourth-order valence-corrected chi connectivity index (χ4v) is 2.66. The van der Waals surface area contributed by atoms with E-state index >= 15 is 0 Å². The average Bonchev–Trinajstić information content (AvgIpc) is 2.89. The minimum Gasteiger partial charge on any atom is -0.496 e. The molecule has 0 saturated carbocycles. The van der Waals surface area contributed by atoms with Gasteiger partial charge < -0.3 is 10.1 Å². The number of tetrazole rings is 1. The van der Waals surface area contributed by atoms with Gasteiger partial charge in [-0.1, -0.05) is 17.8 Å². The monoisotopic (exact) mass is 293 g/mol. The first-order valence-electron chi connectivity index (χ1n) is 6.35. The maximum atomic E-state index is 5.42. The van der Waals surface area contributed by atoms with Gasteiger partial charge in [-0.25, -0.2) is 4.68 Å². The van der Waals surface area contributed by atoms with Gasteiger partial charge in [-0.15, -0.1) is 5.10 Å². The van der Waals surface area contributed by atoms with Gasteiger partial charge in [0.25, 0.3) is 0 Å². The topological polar surface area (TPSA) is 64.9 Å². The fourth-order valence-electron chi connectivity index (χ4n) is 1.83. The number of benzene rings is 1. The van der Waals surface area contributed by atoms with E-state index < -0.39 is 0 Å². The smallest absolute Gasteiger partial charge is 0.209 e. The third-order valence-corrected chi connectivity index (χ3v) is 4.23. The van der Waals surface area contributed by atoms with Gasteiger partial charge in [0, 0.05) is 24.4 Å². The van der Waals surface area contributed by atoms with Crippen LogP contribution in [0.4, 0.5) is 0 Å². The molecule has 6 nitrogen and oxygen atoms in total. The van der Waals surface area contributed by atoms with Crippen molar-refractivity contribution in [1.82, 2.24) is 25.5 Å². The van der Waals surface area contributed by atoms with Gasteiger partial charge in [0.15, 0.2) is 0 Å². The van der Waals surface area contributed by atoms with Gasteiger partial charge in [0.05, 0.1) is 7.11 Å². The van der Waals surface area contributed by atoms with E-state index in [0.717, 1.165) is 22.2 Å². The molecule has 0 aliphatic rings. The summed E-state index contributed by atoms with van der Waals surface area (Å²) in [6.45, 7) is 2.13. The molecule has 0 radical (unpaired) electrons. The maximum Gasteiger partial charge on any atom is 0.209 e. The van der Waals surface area contributed by atoms with Crippen LogP contribution in [0, 0.1) is 0 Å². The van der Waals surface area contributed by atoms with Crippen LogP contribution in [0.1, 0.15) is 24.1 Å². The molecule has 1 atom stereocenters. The Hall–Kier alpha value is -1.60. The van der Waals surface area contributed by atoms with Crippen LogP contribution in [-0.4, -0.2) is 34.4 Å². The molecule has 108 valence electrons. The Morgan fingerprint density at radius 3 is 2.85 bits per heavy atom. The molecule has 7 heteroatoms. The molecule has 0 fully saturated rings. The van der Waals surface area contributed by atoms with Gasteiger partial charge in [-0.2, -0.15) is 0 Å². The highest BCUT2D eigenvalue weighted by molar-refractivity contribution is 7.98. The highest BCUT2D eigenvalue weighted by atomic mass is 32.2. The first-order chi connectivity index (χ1) is 9.65. The van der Waals surface area contributed by atoms with Crippen molar-refractivity contribution in [1.29, 1.82) is 0 Å². The Kier molecular flexibility index (Phi) is 4.97. The van der Waals surface area contributed by atoms with Crippen molar-refractivity contribution in [2.45, 2.75) is 23.9 Å². The van der Waals surface area contributed by atoms with Gasteiger partial charge in [-0.3, -0.25) is 0 Å². The van der Waals surface area contributed by atoms with Crippen molar-refractivity contribution in [2.24, 2.45) is 7.05 Å². The van der Waals surface area contributed by atoms with Gasteiger partial charge >= 0.3 is 0 Å². The van der Waals surface area contributed by atoms with Gasteiger partial charge in [0.2, 0.25) is 5.16 Å². The van der Waals surface area contributed by atoms with E-state index in [2.05, 4.69) is 39.9 Å². The van der Waals surface area contributed by atoms with Crippen LogP contribution in [-0.2, 0) is 12.8 Å². The molecule has 0 spiro atoms. The molecule has 0 saturated heterocycles. The summed E-state index contributed by atoms with van der Waals surface area (Å²) in [5, 5.41) is 15.5. The Bertz CT molecular complexity index is 572. The number of ether oxygens (including phenoxy) is 1. The van der Waals surface area contributed by atoms with E-state index in [9.17, 15) is 0 Å². The fraction of sp³-hybridized carbons (Fsp3) is 0.462. The molecule has 1 unspecified atom stereocenters. The summed E-state index contributed by atoms with van der Waals surface area (Å²) in [6.07, 6.45) is 0. The summed E-state index contributed by atoms with van der Waals surface area (Å²) >= 11 is 1.59. The van der Waals surface area contributed by atoms with Crippen molar-refractivity contribution < 1.29 is 4.74 Å². The minimum absolute atomic E-state index is 0.307. The van der Waals surface area contributed by atoms with Crippen LogP contribution in [0.25, 0.3) is 0 Å². The molecule has 1 N–H and O–H groups in total. The third kappa shape index (κ3) is 3.29. The number of aryl methyl sites for hydroxylation is 1. The third-order valence-electron chi connectivity index (χ3n) is 3.18. The number of aromatic nitrogens is 4. The molecule has 0 aliphatic carbocycles. The zero-order valence-electron chi connectivity index (χ0n) is 12.1. The van der Waals surface area contributed by atoms with Gasteiger partial charge in [-0.05, 0) is 42.1 Å².